The third-order valence-electron chi connectivity index (χ3n) is 6.03. The zero-order chi connectivity index (χ0) is 22.2. The fourth-order valence-corrected chi connectivity index (χ4v) is 5.01. The molecule has 0 bridgehead atoms. The fourth-order valence-electron chi connectivity index (χ4n) is 4.18. The standard InChI is InChI=1S/C25H25NO5S/c1-3-30-25(28)18-13-26-19(12-21(18)27)17-11-22(29-2)23(31-14-15-6-7-15)10-16(17)9-20(26)24-5-4-8-32-24/h4-5,8,10-13,15,20H,3,6-7,9,14H2,1-2H3. The molecule has 6 nitrogen and oxygen atoms in total. The molecule has 0 radical (unpaired) electrons. The first-order valence-corrected chi connectivity index (χ1v) is 11.8. The van der Waals surface area contributed by atoms with Gasteiger partial charge >= 0.3 is 5.97 Å². The van der Waals surface area contributed by atoms with Gasteiger partial charge in [0, 0.05) is 22.7 Å². The summed E-state index contributed by atoms with van der Waals surface area (Å²) in [6.07, 6.45) is 4.80. The number of aromatic nitrogens is 1. The van der Waals surface area contributed by atoms with Crippen LogP contribution in [0.5, 0.6) is 11.5 Å². The molecule has 1 aromatic carbocycles. The first-order chi connectivity index (χ1) is 15.6. The summed E-state index contributed by atoms with van der Waals surface area (Å²) in [4.78, 5) is 26.4. The van der Waals surface area contributed by atoms with Crippen molar-refractivity contribution < 1.29 is 19.0 Å². The first kappa shape index (κ1) is 20.8. The summed E-state index contributed by atoms with van der Waals surface area (Å²) < 4.78 is 18.8. The maximum Gasteiger partial charge on any atom is 0.343 e. The Labute approximate surface area is 190 Å². The van der Waals surface area contributed by atoms with Crippen LogP contribution in [-0.4, -0.2) is 30.9 Å². The van der Waals surface area contributed by atoms with Crippen LogP contribution in [0, 0.1) is 5.92 Å². The average molecular weight is 452 g/mol. The molecular formula is C25H25NO5S. The number of carbonyl (C=O) groups excluding carboxylic acids is 1. The van der Waals surface area contributed by atoms with E-state index in [0.29, 0.717) is 18.3 Å². The van der Waals surface area contributed by atoms with Gasteiger partial charge in [-0.25, -0.2) is 4.79 Å². The van der Waals surface area contributed by atoms with E-state index in [-0.39, 0.29) is 23.6 Å². The Morgan fingerprint density at radius 2 is 2.06 bits per heavy atom. The van der Waals surface area contributed by atoms with E-state index in [1.54, 1.807) is 31.6 Å². The normalized spacial score (nSPS) is 16.8. The largest absolute Gasteiger partial charge is 0.493 e. The van der Waals surface area contributed by atoms with Crippen molar-refractivity contribution in [1.29, 1.82) is 0 Å². The van der Waals surface area contributed by atoms with Crippen LogP contribution in [-0.2, 0) is 11.2 Å². The summed E-state index contributed by atoms with van der Waals surface area (Å²) in [6.45, 7) is 2.65. The van der Waals surface area contributed by atoms with Gasteiger partial charge in [-0.1, -0.05) is 6.07 Å². The smallest absolute Gasteiger partial charge is 0.343 e. The Bertz CT molecular complexity index is 1210. The monoisotopic (exact) mass is 451 g/mol. The Kier molecular flexibility index (Phi) is 5.51. The van der Waals surface area contributed by atoms with Crippen LogP contribution in [0.25, 0.3) is 11.3 Å². The Morgan fingerprint density at radius 1 is 1.22 bits per heavy atom. The average Bonchev–Trinajstić information content (AvgIpc) is 3.47. The van der Waals surface area contributed by atoms with Gasteiger partial charge in [0.25, 0.3) is 0 Å². The fraction of sp³-hybridized carbons (Fsp3) is 0.360. The molecule has 1 fully saturated rings. The molecule has 3 aromatic rings. The quantitative estimate of drug-likeness (QED) is 0.487. The van der Waals surface area contributed by atoms with Gasteiger partial charge in [-0.15, -0.1) is 11.3 Å². The summed E-state index contributed by atoms with van der Waals surface area (Å²) in [5.74, 6) is 1.43. The lowest BCUT2D eigenvalue weighted by Crippen LogP contribution is -2.26. The van der Waals surface area contributed by atoms with Crippen LogP contribution in [0.1, 0.15) is 46.6 Å². The highest BCUT2D eigenvalue weighted by Crippen LogP contribution is 2.44. The molecule has 1 aliphatic carbocycles. The molecule has 166 valence electrons. The van der Waals surface area contributed by atoms with Gasteiger partial charge in [0.2, 0.25) is 0 Å². The van der Waals surface area contributed by atoms with Crippen molar-refractivity contribution in [3.8, 4) is 22.8 Å². The minimum absolute atomic E-state index is 0.0315. The summed E-state index contributed by atoms with van der Waals surface area (Å²) in [5.41, 5.74) is 2.48. The van der Waals surface area contributed by atoms with Crippen molar-refractivity contribution in [1.82, 2.24) is 4.57 Å². The number of rotatable bonds is 7. The number of esters is 1. The molecule has 0 spiro atoms. The van der Waals surface area contributed by atoms with Gasteiger partial charge in [-0.2, -0.15) is 0 Å². The molecule has 0 amide bonds. The number of methoxy groups -OCH3 is 1. The van der Waals surface area contributed by atoms with Crippen LogP contribution in [0.15, 0.2) is 46.7 Å². The number of hydrogen-bond acceptors (Lipinski definition) is 6. The van der Waals surface area contributed by atoms with Crippen LogP contribution in [0.4, 0.5) is 0 Å². The molecule has 1 saturated carbocycles. The number of benzene rings is 1. The van der Waals surface area contributed by atoms with E-state index in [1.807, 2.05) is 28.1 Å². The number of fused-ring (bicyclic) bond motifs is 3. The SMILES string of the molecule is CCOC(=O)c1cn2c(cc1=O)-c1cc(OC)c(OCC3CC3)cc1CC2c1cccs1. The predicted molar refractivity (Wildman–Crippen MR) is 123 cm³/mol. The molecule has 32 heavy (non-hydrogen) atoms. The number of carbonyl (C=O) groups is 1. The first-order valence-electron chi connectivity index (χ1n) is 10.9. The van der Waals surface area contributed by atoms with Gasteiger partial charge in [0.1, 0.15) is 5.56 Å². The van der Waals surface area contributed by atoms with Crippen molar-refractivity contribution in [2.75, 3.05) is 20.3 Å². The molecule has 5 rings (SSSR count). The van der Waals surface area contributed by atoms with Crippen molar-refractivity contribution in [2.24, 2.45) is 5.92 Å². The molecule has 3 heterocycles. The summed E-state index contributed by atoms with van der Waals surface area (Å²) in [5, 5.41) is 2.04. The Balaban J connectivity index is 1.65. The minimum Gasteiger partial charge on any atom is -0.493 e. The van der Waals surface area contributed by atoms with E-state index in [2.05, 4.69) is 6.07 Å². The number of thiophene rings is 1. The van der Waals surface area contributed by atoms with Gasteiger partial charge in [0.15, 0.2) is 16.9 Å². The van der Waals surface area contributed by atoms with Gasteiger partial charge < -0.3 is 18.8 Å². The maximum absolute atomic E-state index is 12.8. The van der Waals surface area contributed by atoms with Crippen LogP contribution >= 0.6 is 11.3 Å². The second-order valence-corrected chi connectivity index (χ2v) is 9.19. The van der Waals surface area contributed by atoms with Gasteiger partial charge in [-0.3, -0.25) is 4.79 Å². The molecule has 0 saturated heterocycles. The third-order valence-corrected chi connectivity index (χ3v) is 7.01. The van der Waals surface area contributed by atoms with Crippen molar-refractivity contribution in [3.63, 3.8) is 0 Å². The van der Waals surface area contributed by atoms with E-state index < -0.39 is 5.97 Å². The van der Waals surface area contributed by atoms with Crippen molar-refractivity contribution in [2.45, 2.75) is 32.2 Å². The van der Waals surface area contributed by atoms with E-state index in [9.17, 15) is 9.59 Å². The van der Waals surface area contributed by atoms with E-state index in [4.69, 9.17) is 14.2 Å². The zero-order valence-electron chi connectivity index (χ0n) is 18.1. The van der Waals surface area contributed by atoms with Crippen molar-refractivity contribution >= 4 is 17.3 Å². The summed E-state index contributed by atoms with van der Waals surface area (Å²) in [6, 6.07) is 9.59. The highest BCUT2D eigenvalue weighted by molar-refractivity contribution is 7.10. The van der Waals surface area contributed by atoms with Gasteiger partial charge in [0.05, 0.1) is 32.1 Å². The molecule has 2 aliphatic rings. The van der Waals surface area contributed by atoms with E-state index >= 15 is 0 Å². The maximum atomic E-state index is 12.8. The minimum atomic E-state index is -0.593. The molecular weight excluding hydrogens is 426 g/mol. The van der Waals surface area contributed by atoms with Crippen LogP contribution in [0.3, 0.4) is 0 Å². The van der Waals surface area contributed by atoms with E-state index in [0.717, 1.165) is 33.9 Å². The number of hydrogen-bond donors (Lipinski definition) is 0. The molecule has 7 heteroatoms. The number of pyridine rings is 1. The van der Waals surface area contributed by atoms with Crippen LogP contribution in [0.2, 0.25) is 0 Å². The molecule has 1 unspecified atom stereocenters. The topological polar surface area (TPSA) is 66.8 Å². The predicted octanol–water partition coefficient (Wildman–Crippen LogP) is 4.70. The molecule has 1 atom stereocenters. The summed E-state index contributed by atoms with van der Waals surface area (Å²) in [7, 11) is 1.62. The lowest BCUT2D eigenvalue weighted by molar-refractivity contribution is 0.0523. The number of ether oxygens (including phenoxy) is 3. The highest BCUT2D eigenvalue weighted by atomic mass is 32.1. The Hall–Kier alpha value is -3.06. The second-order valence-electron chi connectivity index (χ2n) is 8.21. The number of nitrogens with zero attached hydrogens (tertiary/aromatic N) is 1. The van der Waals surface area contributed by atoms with Gasteiger partial charge in [-0.05, 0) is 61.2 Å². The Morgan fingerprint density at radius 3 is 2.75 bits per heavy atom. The lowest BCUT2D eigenvalue weighted by Gasteiger charge is -2.31. The summed E-state index contributed by atoms with van der Waals surface area (Å²) >= 11 is 1.66. The molecule has 0 N–H and O–H groups in total. The zero-order valence-corrected chi connectivity index (χ0v) is 18.9. The molecule has 2 aromatic heterocycles. The lowest BCUT2D eigenvalue weighted by atomic mass is 9.91. The highest BCUT2D eigenvalue weighted by Gasteiger charge is 2.30. The van der Waals surface area contributed by atoms with Crippen LogP contribution < -0.4 is 14.9 Å². The van der Waals surface area contributed by atoms with E-state index in [1.165, 1.54) is 18.9 Å². The third kappa shape index (κ3) is 3.81. The van der Waals surface area contributed by atoms with Crippen molar-refractivity contribution in [3.05, 3.63) is 68.1 Å². The second kappa shape index (κ2) is 8.47. The molecule has 1 aliphatic heterocycles.